The van der Waals surface area contributed by atoms with Gasteiger partial charge in [0.15, 0.2) is 0 Å². The number of nitrogens with one attached hydrogen (secondary N) is 1. The van der Waals surface area contributed by atoms with Gasteiger partial charge in [-0.1, -0.05) is 13.8 Å². The van der Waals surface area contributed by atoms with Crippen molar-refractivity contribution in [3.8, 4) is 0 Å². The van der Waals surface area contributed by atoms with Crippen molar-refractivity contribution in [2.45, 2.75) is 26.3 Å². The van der Waals surface area contributed by atoms with Gasteiger partial charge in [-0.2, -0.15) is 0 Å². The van der Waals surface area contributed by atoms with Gasteiger partial charge in [-0.25, -0.2) is 0 Å². The number of nitrogens with zero attached hydrogens (tertiary/aromatic N) is 1. The molecule has 2 heterocycles. The van der Waals surface area contributed by atoms with E-state index in [0.29, 0.717) is 5.92 Å². The second-order valence-corrected chi connectivity index (χ2v) is 4.68. The molecule has 3 nitrogen and oxygen atoms in total. The van der Waals surface area contributed by atoms with Crippen LogP contribution in [0.2, 0.25) is 0 Å². The molecule has 1 amide bonds. The Kier molecular flexibility index (Phi) is 2.39. The van der Waals surface area contributed by atoms with Crippen molar-refractivity contribution >= 4 is 21.8 Å². The largest absolute Gasteiger partial charge is 0.349 e. The fourth-order valence-corrected chi connectivity index (χ4v) is 2.81. The molecular weight excluding hydrogens is 244 g/mol. The number of halogens is 1. The molecule has 1 aliphatic heterocycles. The van der Waals surface area contributed by atoms with E-state index in [-0.39, 0.29) is 5.91 Å². The van der Waals surface area contributed by atoms with Crippen LogP contribution in [0.25, 0.3) is 0 Å². The van der Waals surface area contributed by atoms with Crippen LogP contribution in [0.1, 0.15) is 35.9 Å². The van der Waals surface area contributed by atoms with E-state index in [1.54, 1.807) is 0 Å². The van der Waals surface area contributed by atoms with Gasteiger partial charge in [0.1, 0.15) is 5.69 Å². The average molecular weight is 257 g/mol. The van der Waals surface area contributed by atoms with Gasteiger partial charge in [0.05, 0.1) is 0 Å². The van der Waals surface area contributed by atoms with E-state index in [9.17, 15) is 4.79 Å². The van der Waals surface area contributed by atoms with Crippen LogP contribution in [-0.2, 0) is 6.54 Å². The summed E-state index contributed by atoms with van der Waals surface area (Å²) in [4.78, 5) is 11.5. The molecule has 0 aliphatic carbocycles. The number of hydrogen-bond donors (Lipinski definition) is 1. The summed E-state index contributed by atoms with van der Waals surface area (Å²) < 4.78 is 3.15. The summed E-state index contributed by atoms with van der Waals surface area (Å²) in [6.07, 6.45) is 0. The molecule has 4 heteroatoms. The zero-order chi connectivity index (χ0) is 10.3. The third-order valence-corrected chi connectivity index (χ3v) is 3.13. The van der Waals surface area contributed by atoms with Gasteiger partial charge < -0.3 is 9.88 Å². The summed E-state index contributed by atoms with van der Waals surface area (Å²) in [6, 6.07) is 1.91. The monoisotopic (exact) mass is 256 g/mol. The van der Waals surface area contributed by atoms with Crippen molar-refractivity contribution in [3.63, 3.8) is 0 Å². The Morgan fingerprint density at radius 3 is 2.93 bits per heavy atom. The zero-order valence-electron chi connectivity index (χ0n) is 8.30. The maximum Gasteiger partial charge on any atom is 0.268 e. The van der Waals surface area contributed by atoms with Gasteiger partial charge >= 0.3 is 0 Å². The van der Waals surface area contributed by atoms with Gasteiger partial charge in [-0.3, -0.25) is 4.79 Å². The molecular formula is C10H13BrN2O. The predicted molar refractivity (Wildman–Crippen MR) is 58.6 cm³/mol. The summed E-state index contributed by atoms with van der Waals surface area (Å²) in [5, 5.41) is 2.84. The normalized spacial score (nSPS) is 15.6. The van der Waals surface area contributed by atoms with E-state index in [1.807, 2.05) is 6.07 Å². The van der Waals surface area contributed by atoms with Gasteiger partial charge in [-0.05, 0) is 27.9 Å². The lowest BCUT2D eigenvalue weighted by Crippen LogP contribution is -2.35. The van der Waals surface area contributed by atoms with E-state index in [2.05, 4.69) is 39.7 Å². The highest BCUT2D eigenvalue weighted by molar-refractivity contribution is 9.10. The van der Waals surface area contributed by atoms with Crippen molar-refractivity contribution in [2.75, 3.05) is 6.54 Å². The van der Waals surface area contributed by atoms with Crippen LogP contribution < -0.4 is 5.32 Å². The Labute approximate surface area is 91.6 Å². The third kappa shape index (κ3) is 1.38. The number of hydrogen-bond acceptors (Lipinski definition) is 1. The van der Waals surface area contributed by atoms with Crippen LogP contribution in [0.15, 0.2) is 10.5 Å². The first kappa shape index (κ1) is 9.77. The number of carbonyl (C=O) groups excluding carboxylic acids is 1. The molecule has 0 spiro atoms. The minimum Gasteiger partial charge on any atom is -0.349 e. The predicted octanol–water partition coefficient (Wildman–Crippen LogP) is 2.12. The molecule has 0 atom stereocenters. The summed E-state index contributed by atoms with van der Waals surface area (Å²) in [6.45, 7) is 5.88. The molecule has 0 bridgehead atoms. The topological polar surface area (TPSA) is 34.0 Å². The highest BCUT2D eigenvalue weighted by Gasteiger charge is 2.23. The van der Waals surface area contributed by atoms with Crippen LogP contribution in [0.4, 0.5) is 0 Å². The van der Waals surface area contributed by atoms with Crippen molar-refractivity contribution in [2.24, 2.45) is 0 Å². The molecule has 0 unspecified atom stereocenters. The zero-order valence-corrected chi connectivity index (χ0v) is 9.89. The molecule has 1 aliphatic rings. The summed E-state index contributed by atoms with van der Waals surface area (Å²) in [5.41, 5.74) is 1.99. The minimum atomic E-state index is 0.0313. The number of carbonyl (C=O) groups is 1. The molecule has 0 fully saturated rings. The van der Waals surface area contributed by atoms with E-state index in [1.165, 1.54) is 5.69 Å². The summed E-state index contributed by atoms with van der Waals surface area (Å²) >= 11 is 3.50. The smallest absolute Gasteiger partial charge is 0.268 e. The Balaban J connectivity index is 2.57. The lowest BCUT2D eigenvalue weighted by Gasteiger charge is -2.20. The van der Waals surface area contributed by atoms with Crippen LogP contribution in [0, 0.1) is 0 Å². The SMILES string of the molecule is CC(C)c1c(Br)cc2n1CCNC2=O. The fourth-order valence-electron chi connectivity index (χ4n) is 1.92. The van der Waals surface area contributed by atoms with E-state index in [4.69, 9.17) is 0 Å². The molecule has 0 aromatic carbocycles. The highest BCUT2D eigenvalue weighted by Crippen LogP contribution is 2.29. The van der Waals surface area contributed by atoms with Crippen LogP contribution in [0.3, 0.4) is 0 Å². The number of fused-ring (bicyclic) bond motifs is 1. The molecule has 0 saturated heterocycles. The molecule has 76 valence electrons. The van der Waals surface area contributed by atoms with E-state index >= 15 is 0 Å². The Hall–Kier alpha value is -0.770. The molecule has 2 rings (SSSR count). The van der Waals surface area contributed by atoms with E-state index < -0.39 is 0 Å². The molecule has 0 saturated carbocycles. The lowest BCUT2D eigenvalue weighted by atomic mass is 10.1. The van der Waals surface area contributed by atoms with Crippen molar-refractivity contribution in [3.05, 3.63) is 21.9 Å². The van der Waals surface area contributed by atoms with Crippen molar-refractivity contribution < 1.29 is 4.79 Å². The minimum absolute atomic E-state index is 0.0313. The van der Waals surface area contributed by atoms with Gasteiger partial charge in [0.25, 0.3) is 5.91 Å². The standard InChI is InChI=1S/C10H13BrN2O/c1-6(2)9-7(11)5-8-10(14)12-3-4-13(8)9/h5-6H,3-4H2,1-2H3,(H,12,14). The van der Waals surface area contributed by atoms with Crippen molar-refractivity contribution in [1.29, 1.82) is 0 Å². The first-order valence-corrected chi connectivity index (χ1v) is 5.57. The first-order valence-electron chi connectivity index (χ1n) is 4.78. The van der Waals surface area contributed by atoms with Crippen LogP contribution in [0.5, 0.6) is 0 Å². The first-order chi connectivity index (χ1) is 6.61. The molecule has 1 N–H and O–H groups in total. The average Bonchev–Trinajstić information content (AvgIpc) is 2.42. The number of amides is 1. The maximum absolute atomic E-state index is 11.5. The summed E-state index contributed by atoms with van der Waals surface area (Å²) in [7, 11) is 0. The maximum atomic E-state index is 11.5. The lowest BCUT2D eigenvalue weighted by molar-refractivity contribution is 0.0927. The molecule has 14 heavy (non-hydrogen) atoms. The van der Waals surface area contributed by atoms with Gasteiger partial charge in [0.2, 0.25) is 0 Å². The second kappa shape index (κ2) is 3.42. The second-order valence-electron chi connectivity index (χ2n) is 3.82. The Bertz CT molecular complexity index is 382. The highest BCUT2D eigenvalue weighted by atomic mass is 79.9. The van der Waals surface area contributed by atoms with Crippen molar-refractivity contribution in [1.82, 2.24) is 9.88 Å². The van der Waals surface area contributed by atoms with Gasteiger partial charge in [0, 0.05) is 23.3 Å². The molecule has 0 radical (unpaired) electrons. The molecule has 1 aromatic rings. The van der Waals surface area contributed by atoms with Crippen LogP contribution >= 0.6 is 15.9 Å². The van der Waals surface area contributed by atoms with Gasteiger partial charge in [-0.15, -0.1) is 0 Å². The fraction of sp³-hybridized carbons (Fsp3) is 0.500. The Morgan fingerprint density at radius 2 is 2.29 bits per heavy atom. The molecule has 1 aromatic heterocycles. The summed E-state index contributed by atoms with van der Waals surface area (Å²) in [5.74, 6) is 0.466. The number of rotatable bonds is 1. The van der Waals surface area contributed by atoms with E-state index in [0.717, 1.165) is 23.3 Å². The number of aromatic nitrogens is 1. The quantitative estimate of drug-likeness (QED) is 0.821. The Morgan fingerprint density at radius 1 is 1.57 bits per heavy atom. The third-order valence-electron chi connectivity index (χ3n) is 2.49. The van der Waals surface area contributed by atoms with Crippen LogP contribution in [-0.4, -0.2) is 17.0 Å².